The van der Waals surface area contributed by atoms with E-state index in [-0.39, 0.29) is 0 Å². The molecule has 2 aromatic heterocycles. The minimum atomic E-state index is -0.714. The number of hydrogen-bond acceptors (Lipinski definition) is 4. The summed E-state index contributed by atoms with van der Waals surface area (Å²) < 4.78 is 2.25. The van der Waals surface area contributed by atoms with Crippen LogP contribution in [-0.4, -0.2) is 47.4 Å². The molecule has 0 saturated heterocycles. The third kappa shape index (κ3) is 5.28. The molecule has 21 heavy (non-hydrogen) atoms. The second-order valence-corrected chi connectivity index (χ2v) is 7.08. The monoisotopic (exact) mass is 307 g/mol. The van der Waals surface area contributed by atoms with Crippen LogP contribution in [0.5, 0.6) is 0 Å². The summed E-state index contributed by atoms with van der Waals surface area (Å²) in [5.74, 6) is 0. The summed E-state index contributed by atoms with van der Waals surface area (Å²) >= 11 is 1.78. The van der Waals surface area contributed by atoms with Crippen LogP contribution in [-0.2, 0) is 13.1 Å². The molecule has 0 aliphatic heterocycles. The number of nitrogens with zero attached hydrogens (tertiary/aromatic N) is 2. The Kier molecular flexibility index (Phi) is 5.58. The maximum absolute atomic E-state index is 10.3. The molecule has 1 atom stereocenters. The van der Waals surface area contributed by atoms with Gasteiger partial charge in [-0.1, -0.05) is 6.07 Å². The number of likely N-dealkylation sites (N-methyl/N-ethyl adjacent to an activating group) is 1. The van der Waals surface area contributed by atoms with Crippen molar-refractivity contribution in [1.29, 1.82) is 0 Å². The van der Waals surface area contributed by atoms with Crippen LogP contribution in [0.1, 0.15) is 17.5 Å². The molecule has 0 radical (unpaired) electrons. The van der Waals surface area contributed by atoms with Gasteiger partial charge in [0.25, 0.3) is 0 Å². The van der Waals surface area contributed by atoms with E-state index in [4.69, 9.17) is 0 Å². The van der Waals surface area contributed by atoms with E-state index in [1.807, 2.05) is 25.9 Å². The largest absolute Gasteiger partial charge is 0.388 e. The Balaban J connectivity index is 1.85. The van der Waals surface area contributed by atoms with Crippen molar-refractivity contribution in [3.8, 4) is 0 Å². The zero-order valence-electron chi connectivity index (χ0n) is 13.0. The van der Waals surface area contributed by atoms with Crippen molar-refractivity contribution in [2.24, 2.45) is 0 Å². The fourth-order valence-electron chi connectivity index (χ4n) is 2.53. The summed E-state index contributed by atoms with van der Waals surface area (Å²) in [5.41, 5.74) is 0.526. The van der Waals surface area contributed by atoms with Crippen LogP contribution in [0.4, 0.5) is 0 Å². The highest BCUT2D eigenvalue weighted by atomic mass is 32.1. The number of thiophene rings is 1. The summed E-state index contributed by atoms with van der Waals surface area (Å²) in [6, 6.07) is 8.44. The van der Waals surface area contributed by atoms with Crippen LogP contribution in [0.2, 0.25) is 0 Å². The molecule has 4 nitrogen and oxygen atoms in total. The Morgan fingerprint density at radius 1 is 1.33 bits per heavy atom. The third-order valence-electron chi connectivity index (χ3n) is 3.30. The standard InChI is InChI=1S/C16H25N3OS/c1-16(20,13-18(2)3)12-17-10-14-6-4-8-19(14)11-15-7-5-9-21-15/h4-9,17,20H,10-13H2,1-3H3. The van der Waals surface area contributed by atoms with Gasteiger partial charge in [-0.25, -0.2) is 0 Å². The number of nitrogens with one attached hydrogen (secondary N) is 1. The number of hydrogen-bond donors (Lipinski definition) is 2. The molecule has 0 aliphatic rings. The van der Waals surface area contributed by atoms with Gasteiger partial charge in [0, 0.05) is 36.4 Å². The highest BCUT2D eigenvalue weighted by molar-refractivity contribution is 7.09. The lowest BCUT2D eigenvalue weighted by molar-refractivity contribution is 0.0335. The molecular formula is C16H25N3OS. The molecule has 0 aliphatic carbocycles. The molecule has 0 fully saturated rings. The zero-order chi connectivity index (χ0) is 15.3. The normalized spacial score (nSPS) is 14.5. The molecule has 0 saturated carbocycles. The second kappa shape index (κ2) is 7.22. The summed E-state index contributed by atoms with van der Waals surface area (Å²) in [7, 11) is 3.95. The topological polar surface area (TPSA) is 40.4 Å². The van der Waals surface area contributed by atoms with Crippen molar-refractivity contribution in [1.82, 2.24) is 14.8 Å². The predicted octanol–water partition coefficient (Wildman–Crippen LogP) is 2.00. The molecule has 2 aromatic rings. The first-order chi connectivity index (χ1) is 9.96. The summed E-state index contributed by atoms with van der Waals surface area (Å²) in [5, 5.41) is 15.7. The minimum Gasteiger partial charge on any atom is -0.388 e. The fourth-order valence-corrected chi connectivity index (χ4v) is 3.23. The fraction of sp³-hybridized carbons (Fsp3) is 0.500. The quantitative estimate of drug-likeness (QED) is 0.784. The average molecular weight is 307 g/mol. The van der Waals surface area contributed by atoms with Gasteiger partial charge in [-0.05, 0) is 44.6 Å². The van der Waals surface area contributed by atoms with E-state index in [1.54, 1.807) is 11.3 Å². The van der Waals surface area contributed by atoms with Gasteiger partial charge in [0.2, 0.25) is 0 Å². The van der Waals surface area contributed by atoms with Crippen LogP contribution in [0, 0.1) is 0 Å². The first kappa shape index (κ1) is 16.2. The Morgan fingerprint density at radius 3 is 2.81 bits per heavy atom. The molecule has 2 heterocycles. The molecule has 2 N–H and O–H groups in total. The van der Waals surface area contributed by atoms with E-state index < -0.39 is 5.60 Å². The van der Waals surface area contributed by atoms with E-state index in [1.165, 1.54) is 10.6 Å². The summed E-state index contributed by atoms with van der Waals surface area (Å²) in [6.07, 6.45) is 2.11. The Morgan fingerprint density at radius 2 is 2.14 bits per heavy atom. The first-order valence-corrected chi connectivity index (χ1v) is 8.08. The molecular weight excluding hydrogens is 282 g/mol. The molecule has 5 heteroatoms. The molecule has 0 spiro atoms. The van der Waals surface area contributed by atoms with E-state index in [9.17, 15) is 5.11 Å². The lowest BCUT2D eigenvalue weighted by Crippen LogP contribution is -2.45. The van der Waals surface area contributed by atoms with E-state index >= 15 is 0 Å². The average Bonchev–Trinajstić information content (AvgIpc) is 3.00. The first-order valence-electron chi connectivity index (χ1n) is 7.20. The van der Waals surface area contributed by atoms with Crippen molar-refractivity contribution in [2.45, 2.75) is 25.6 Å². The predicted molar refractivity (Wildman–Crippen MR) is 88.7 cm³/mol. The molecule has 1 unspecified atom stereocenters. The minimum absolute atomic E-state index is 0.579. The van der Waals surface area contributed by atoms with Gasteiger partial charge in [0.1, 0.15) is 0 Å². The van der Waals surface area contributed by atoms with Crippen LogP contribution < -0.4 is 5.32 Å². The Bertz CT molecular complexity index is 531. The number of rotatable bonds is 8. The summed E-state index contributed by atoms with van der Waals surface area (Å²) in [4.78, 5) is 3.35. The molecule has 0 aromatic carbocycles. The lowest BCUT2D eigenvalue weighted by atomic mass is 10.1. The van der Waals surface area contributed by atoms with Gasteiger partial charge in [0.15, 0.2) is 0 Å². The zero-order valence-corrected chi connectivity index (χ0v) is 13.9. The molecule has 116 valence electrons. The second-order valence-electron chi connectivity index (χ2n) is 6.05. The maximum atomic E-state index is 10.3. The van der Waals surface area contributed by atoms with E-state index in [2.05, 4.69) is 45.7 Å². The Hall–Kier alpha value is -1.14. The van der Waals surface area contributed by atoms with Crippen LogP contribution >= 0.6 is 11.3 Å². The number of aromatic nitrogens is 1. The van der Waals surface area contributed by atoms with Gasteiger partial charge in [-0.15, -0.1) is 11.3 Å². The smallest absolute Gasteiger partial charge is 0.0869 e. The Labute approximate surface area is 131 Å². The van der Waals surface area contributed by atoms with E-state index in [0.717, 1.165) is 13.1 Å². The highest BCUT2D eigenvalue weighted by Gasteiger charge is 2.20. The van der Waals surface area contributed by atoms with Crippen molar-refractivity contribution >= 4 is 11.3 Å². The molecule has 0 amide bonds. The van der Waals surface area contributed by atoms with Crippen molar-refractivity contribution < 1.29 is 5.11 Å². The van der Waals surface area contributed by atoms with Crippen LogP contribution in [0.25, 0.3) is 0 Å². The van der Waals surface area contributed by atoms with Crippen molar-refractivity contribution in [3.05, 3.63) is 46.4 Å². The maximum Gasteiger partial charge on any atom is 0.0869 e. The molecule has 2 rings (SSSR count). The van der Waals surface area contributed by atoms with Gasteiger partial charge in [0.05, 0.1) is 12.1 Å². The molecule has 0 bridgehead atoms. The SMILES string of the molecule is CN(C)CC(C)(O)CNCc1cccn1Cc1cccs1. The van der Waals surface area contributed by atoms with Crippen molar-refractivity contribution in [3.63, 3.8) is 0 Å². The highest BCUT2D eigenvalue weighted by Crippen LogP contribution is 2.13. The van der Waals surface area contributed by atoms with Crippen LogP contribution in [0.3, 0.4) is 0 Å². The van der Waals surface area contributed by atoms with Crippen molar-refractivity contribution in [2.75, 3.05) is 27.2 Å². The van der Waals surface area contributed by atoms with E-state index in [0.29, 0.717) is 13.1 Å². The van der Waals surface area contributed by atoms with Gasteiger partial charge in [-0.2, -0.15) is 0 Å². The van der Waals surface area contributed by atoms with Gasteiger partial charge >= 0.3 is 0 Å². The summed E-state index contributed by atoms with van der Waals surface area (Å²) in [6.45, 7) is 4.77. The number of aliphatic hydroxyl groups is 1. The third-order valence-corrected chi connectivity index (χ3v) is 4.16. The van der Waals surface area contributed by atoms with Gasteiger partial charge in [-0.3, -0.25) is 0 Å². The van der Waals surface area contributed by atoms with Gasteiger partial charge < -0.3 is 19.9 Å². The van der Waals surface area contributed by atoms with Crippen LogP contribution in [0.15, 0.2) is 35.8 Å². The lowest BCUT2D eigenvalue weighted by Gasteiger charge is -2.27.